The van der Waals surface area contributed by atoms with E-state index in [9.17, 15) is 4.79 Å². The van der Waals surface area contributed by atoms with Crippen molar-refractivity contribution < 1.29 is 23.7 Å². The molecule has 1 saturated carbocycles. The van der Waals surface area contributed by atoms with Crippen LogP contribution in [0.1, 0.15) is 45.1 Å². The maximum absolute atomic E-state index is 13.3. The fourth-order valence-corrected chi connectivity index (χ4v) is 4.12. The highest BCUT2D eigenvalue weighted by Crippen LogP contribution is 2.34. The van der Waals surface area contributed by atoms with Gasteiger partial charge in [-0.05, 0) is 63.6 Å². The van der Waals surface area contributed by atoms with Crippen molar-refractivity contribution in [2.24, 2.45) is 0 Å². The molecule has 2 amide bonds. The molecule has 7 heteroatoms. The highest BCUT2D eigenvalue weighted by molar-refractivity contribution is 5.89. The second-order valence-electron chi connectivity index (χ2n) is 8.34. The lowest BCUT2D eigenvalue weighted by Gasteiger charge is -2.28. The first-order valence-electron chi connectivity index (χ1n) is 12.3. The zero-order chi connectivity index (χ0) is 24.2. The number of benzene rings is 2. The molecule has 0 spiro atoms. The number of carbonyl (C=O) groups excluding carboxylic acids is 1. The van der Waals surface area contributed by atoms with E-state index >= 15 is 0 Å². The smallest absolute Gasteiger partial charge is 0.322 e. The summed E-state index contributed by atoms with van der Waals surface area (Å²) in [7, 11) is 1.63. The van der Waals surface area contributed by atoms with Gasteiger partial charge in [0.05, 0.1) is 19.8 Å². The van der Waals surface area contributed by atoms with Crippen molar-refractivity contribution in [3.63, 3.8) is 0 Å². The zero-order valence-corrected chi connectivity index (χ0v) is 20.6. The summed E-state index contributed by atoms with van der Waals surface area (Å²) in [5, 5.41) is 3.02. The Hall–Kier alpha value is -2.77. The third kappa shape index (κ3) is 7.92. The van der Waals surface area contributed by atoms with Gasteiger partial charge >= 0.3 is 6.03 Å². The number of anilines is 1. The molecule has 0 bridgehead atoms. The number of methoxy groups -OCH3 is 1. The molecule has 0 radical (unpaired) electrons. The Bertz CT molecular complexity index is 865. The largest absolute Gasteiger partial charge is 0.493 e. The lowest BCUT2D eigenvalue weighted by Crippen LogP contribution is -2.43. The van der Waals surface area contributed by atoms with E-state index in [1.54, 1.807) is 12.0 Å². The molecule has 0 aliphatic heterocycles. The molecule has 0 heterocycles. The topological polar surface area (TPSA) is 69.3 Å². The van der Waals surface area contributed by atoms with Crippen LogP contribution in [0.2, 0.25) is 0 Å². The summed E-state index contributed by atoms with van der Waals surface area (Å²) < 4.78 is 23.1. The van der Waals surface area contributed by atoms with Gasteiger partial charge in [0.25, 0.3) is 0 Å². The standard InChI is InChI=1S/C27H38N2O5/c1-4-32-26(33-5-2)20-29(18-17-21-11-7-6-8-12-21)27(30)28-22-15-16-24(31-3)25(19-22)34-23-13-9-10-14-23/h6-8,11-12,15-16,19,23,26H,4-5,9-10,13-14,17-18,20H2,1-3H3,(H,28,30). The fraction of sp³-hybridized carbons (Fsp3) is 0.519. The lowest BCUT2D eigenvalue weighted by molar-refractivity contribution is -0.142. The Balaban J connectivity index is 1.72. The molecule has 0 unspecified atom stereocenters. The van der Waals surface area contributed by atoms with Crippen LogP contribution >= 0.6 is 0 Å². The van der Waals surface area contributed by atoms with Crippen LogP contribution in [0, 0.1) is 0 Å². The molecule has 0 saturated heterocycles. The minimum atomic E-state index is -0.478. The Kier molecular flexibility index (Phi) is 10.5. The van der Waals surface area contributed by atoms with Crippen LogP contribution in [0.15, 0.2) is 48.5 Å². The van der Waals surface area contributed by atoms with Crippen LogP contribution in [0.25, 0.3) is 0 Å². The Morgan fingerprint density at radius 1 is 1.03 bits per heavy atom. The first kappa shape index (κ1) is 25.8. The molecule has 186 valence electrons. The second-order valence-corrected chi connectivity index (χ2v) is 8.34. The van der Waals surface area contributed by atoms with Crippen LogP contribution in [0.5, 0.6) is 11.5 Å². The van der Waals surface area contributed by atoms with Crippen molar-refractivity contribution in [1.82, 2.24) is 4.90 Å². The number of urea groups is 1. The summed E-state index contributed by atoms with van der Waals surface area (Å²) in [6.45, 7) is 5.74. The number of rotatable bonds is 13. The maximum atomic E-state index is 13.3. The number of carbonyl (C=O) groups is 1. The van der Waals surface area contributed by atoms with E-state index in [4.69, 9.17) is 18.9 Å². The summed E-state index contributed by atoms with van der Waals surface area (Å²) >= 11 is 0. The van der Waals surface area contributed by atoms with Crippen LogP contribution in [0.4, 0.5) is 10.5 Å². The Morgan fingerprint density at radius 3 is 2.38 bits per heavy atom. The Morgan fingerprint density at radius 2 is 1.74 bits per heavy atom. The van der Waals surface area contributed by atoms with Gasteiger partial charge in [-0.15, -0.1) is 0 Å². The monoisotopic (exact) mass is 470 g/mol. The third-order valence-corrected chi connectivity index (χ3v) is 5.89. The van der Waals surface area contributed by atoms with Gasteiger partial charge in [-0.2, -0.15) is 0 Å². The molecule has 3 rings (SSSR count). The van der Waals surface area contributed by atoms with Crippen molar-refractivity contribution in [1.29, 1.82) is 0 Å². The second kappa shape index (κ2) is 13.8. The summed E-state index contributed by atoms with van der Waals surface area (Å²) in [6, 6.07) is 15.4. The van der Waals surface area contributed by atoms with Crippen molar-refractivity contribution in [3.05, 3.63) is 54.1 Å². The van der Waals surface area contributed by atoms with Gasteiger partial charge in [-0.1, -0.05) is 30.3 Å². The minimum absolute atomic E-state index is 0.195. The van der Waals surface area contributed by atoms with Crippen LogP contribution in [-0.4, -0.2) is 56.7 Å². The quantitative estimate of drug-likeness (QED) is 0.392. The number of nitrogens with one attached hydrogen (secondary N) is 1. The molecule has 34 heavy (non-hydrogen) atoms. The predicted molar refractivity (Wildman–Crippen MR) is 134 cm³/mol. The van der Waals surface area contributed by atoms with Gasteiger partial charge < -0.3 is 29.2 Å². The normalized spacial score (nSPS) is 13.8. The van der Waals surface area contributed by atoms with Gasteiger partial charge in [-0.3, -0.25) is 0 Å². The van der Waals surface area contributed by atoms with Crippen molar-refractivity contribution in [3.8, 4) is 11.5 Å². The molecular weight excluding hydrogens is 432 g/mol. The van der Waals surface area contributed by atoms with E-state index in [0.29, 0.717) is 43.5 Å². The molecule has 0 aromatic heterocycles. The first-order valence-corrected chi connectivity index (χ1v) is 12.3. The maximum Gasteiger partial charge on any atom is 0.322 e. The van der Waals surface area contributed by atoms with E-state index in [0.717, 1.165) is 19.3 Å². The van der Waals surface area contributed by atoms with Crippen molar-refractivity contribution in [2.45, 2.75) is 58.3 Å². The molecule has 1 fully saturated rings. The van der Waals surface area contributed by atoms with Crippen LogP contribution in [-0.2, 0) is 15.9 Å². The third-order valence-electron chi connectivity index (χ3n) is 5.89. The van der Waals surface area contributed by atoms with Crippen molar-refractivity contribution in [2.75, 3.05) is 38.7 Å². The molecule has 1 aliphatic carbocycles. The number of nitrogens with zero attached hydrogens (tertiary/aromatic N) is 1. The number of amides is 2. The number of ether oxygens (including phenoxy) is 4. The van der Waals surface area contributed by atoms with E-state index in [-0.39, 0.29) is 12.1 Å². The lowest BCUT2D eigenvalue weighted by atomic mass is 10.1. The fourth-order valence-electron chi connectivity index (χ4n) is 4.12. The average molecular weight is 471 g/mol. The van der Waals surface area contributed by atoms with Gasteiger partial charge in [0, 0.05) is 31.5 Å². The minimum Gasteiger partial charge on any atom is -0.493 e. The van der Waals surface area contributed by atoms with Gasteiger partial charge in [0.2, 0.25) is 0 Å². The average Bonchev–Trinajstić information content (AvgIpc) is 3.36. The van der Waals surface area contributed by atoms with Gasteiger partial charge in [-0.25, -0.2) is 4.79 Å². The molecular formula is C27H38N2O5. The van der Waals surface area contributed by atoms with Gasteiger partial charge in [0.15, 0.2) is 17.8 Å². The van der Waals surface area contributed by atoms with Crippen LogP contribution < -0.4 is 14.8 Å². The molecule has 1 N–H and O–H groups in total. The molecule has 1 aliphatic rings. The summed E-state index contributed by atoms with van der Waals surface area (Å²) in [5.74, 6) is 1.32. The number of hydrogen-bond acceptors (Lipinski definition) is 5. The van der Waals surface area contributed by atoms with Gasteiger partial charge in [0.1, 0.15) is 0 Å². The summed E-state index contributed by atoms with van der Waals surface area (Å²) in [4.78, 5) is 15.1. The van der Waals surface area contributed by atoms with Crippen LogP contribution in [0.3, 0.4) is 0 Å². The van der Waals surface area contributed by atoms with Crippen molar-refractivity contribution >= 4 is 11.7 Å². The summed E-state index contributed by atoms with van der Waals surface area (Å²) in [5.41, 5.74) is 1.83. The number of hydrogen-bond donors (Lipinski definition) is 1. The Labute approximate surface area is 203 Å². The van der Waals surface area contributed by atoms with E-state index in [1.165, 1.54) is 18.4 Å². The predicted octanol–water partition coefficient (Wildman–Crippen LogP) is 5.49. The van der Waals surface area contributed by atoms with E-state index < -0.39 is 6.29 Å². The SMILES string of the molecule is CCOC(CN(CCc1ccccc1)C(=O)Nc1ccc(OC)c(OC2CCCC2)c1)OCC. The molecule has 2 aromatic carbocycles. The molecule has 2 aromatic rings. The highest BCUT2D eigenvalue weighted by Gasteiger charge is 2.22. The highest BCUT2D eigenvalue weighted by atomic mass is 16.7. The molecule has 7 nitrogen and oxygen atoms in total. The summed E-state index contributed by atoms with van der Waals surface area (Å²) in [6.07, 6.45) is 4.90. The van der Waals surface area contributed by atoms with E-state index in [2.05, 4.69) is 17.4 Å². The molecule has 0 atom stereocenters. The first-order chi connectivity index (χ1) is 16.6. The van der Waals surface area contributed by atoms with E-state index in [1.807, 2.05) is 50.2 Å². The zero-order valence-electron chi connectivity index (χ0n) is 20.6.